The molecule has 18 heavy (non-hydrogen) atoms. The first-order valence-corrected chi connectivity index (χ1v) is 6.85. The molecular weight excluding hydrogens is 318 g/mol. The first kappa shape index (κ1) is 14.0. The van der Waals surface area contributed by atoms with Crippen LogP contribution in [0, 0.1) is 0 Å². The third-order valence-electron chi connectivity index (χ3n) is 3.37. The predicted octanol–water partition coefficient (Wildman–Crippen LogP) is 2.63. The Balaban J connectivity index is 0.00000120. The predicted molar refractivity (Wildman–Crippen MR) is 77.1 cm³/mol. The van der Waals surface area contributed by atoms with Crippen molar-refractivity contribution in [3.8, 4) is 11.5 Å². The van der Waals surface area contributed by atoms with Crippen molar-refractivity contribution in [3.63, 3.8) is 0 Å². The number of benzene rings is 1. The zero-order valence-electron chi connectivity index (χ0n) is 10.3. The molecule has 100 valence electrons. The fourth-order valence-electron chi connectivity index (χ4n) is 2.69. The van der Waals surface area contributed by atoms with Crippen molar-refractivity contribution in [2.45, 2.75) is 32.2 Å². The first-order chi connectivity index (χ1) is 8.18. The topological polar surface area (TPSA) is 44.5 Å². The Morgan fingerprint density at radius 3 is 2.44 bits per heavy atom. The van der Waals surface area contributed by atoms with Gasteiger partial charge in [0.1, 0.15) is 11.5 Å². The summed E-state index contributed by atoms with van der Waals surface area (Å²) in [4.78, 5) is 0. The summed E-state index contributed by atoms with van der Waals surface area (Å²) in [5.41, 5.74) is 9.75. The van der Waals surface area contributed by atoms with Gasteiger partial charge in [-0.3, -0.25) is 0 Å². The molecule has 0 saturated carbocycles. The zero-order chi connectivity index (χ0) is 12.0. The summed E-state index contributed by atoms with van der Waals surface area (Å²) in [7, 11) is 0. The number of halogens is 2. The van der Waals surface area contributed by atoms with Crippen molar-refractivity contribution in [2.75, 3.05) is 13.2 Å². The lowest BCUT2D eigenvalue weighted by atomic mass is 9.95. The summed E-state index contributed by atoms with van der Waals surface area (Å²) >= 11 is 3.65. The molecule has 0 saturated heterocycles. The molecule has 1 atom stereocenters. The Morgan fingerprint density at radius 1 is 1.17 bits per heavy atom. The van der Waals surface area contributed by atoms with Gasteiger partial charge in [0.05, 0.1) is 17.7 Å². The van der Waals surface area contributed by atoms with Gasteiger partial charge in [-0.05, 0) is 29.3 Å². The maximum atomic E-state index is 5.94. The molecule has 2 heterocycles. The molecule has 0 amide bonds. The molecule has 0 aromatic heterocycles. The van der Waals surface area contributed by atoms with E-state index in [0.717, 1.165) is 48.4 Å². The Labute approximate surface area is 122 Å². The van der Waals surface area contributed by atoms with Crippen LogP contribution in [0.3, 0.4) is 0 Å². The molecular formula is C13H17BrClNO2. The molecule has 2 aliphatic heterocycles. The SMILES string of the molecule is C[C@@H](N)Cc1c2c(c(Br)c3c1OCC3)OCC2.Cl. The van der Waals surface area contributed by atoms with E-state index in [0.29, 0.717) is 0 Å². The molecule has 2 aliphatic rings. The Bertz CT molecular complexity index is 442. The number of fused-ring (bicyclic) bond motifs is 2. The van der Waals surface area contributed by atoms with E-state index in [2.05, 4.69) is 15.9 Å². The normalized spacial score (nSPS) is 17.3. The van der Waals surface area contributed by atoms with Gasteiger partial charge in [0.15, 0.2) is 0 Å². The lowest BCUT2D eigenvalue weighted by Gasteiger charge is -2.16. The largest absolute Gasteiger partial charge is 0.493 e. The van der Waals surface area contributed by atoms with Gasteiger partial charge in [0, 0.05) is 35.6 Å². The van der Waals surface area contributed by atoms with Gasteiger partial charge in [-0.1, -0.05) is 0 Å². The van der Waals surface area contributed by atoms with Crippen molar-refractivity contribution in [1.29, 1.82) is 0 Å². The Hall–Kier alpha value is -0.450. The molecule has 0 unspecified atom stereocenters. The number of ether oxygens (including phenoxy) is 2. The highest BCUT2D eigenvalue weighted by atomic mass is 79.9. The smallest absolute Gasteiger partial charge is 0.137 e. The summed E-state index contributed by atoms with van der Waals surface area (Å²) in [6.07, 6.45) is 2.78. The average molecular weight is 335 g/mol. The number of nitrogens with two attached hydrogens (primary N) is 1. The van der Waals surface area contributed by atoms with E-state index in [4.69, 9.17) is 15.2 Å². The third kappa shape index (κ3) is 2.10. The minimum Gasteiger partial charge on any atom is -0.493 e. The maximum absolute atomic E-state index is 5.94. The molecule has 0 bridgehead atoms. The van der Waals surface area contributed by atoms with Gasteiger partial charge < -0.3 is 15.2 Å². The maximum Gasteiger partial charge on any atom is 0.137 e. The quantitative estimate of drug-likeness (QED) is 0.904. The second-order valence-electron chi connectivity index (χ2n) is 4.79. The van der Waals surface area contributed by atoms with Gasteiger partial charge in [-0.15, -0.1) is 12.4 Å². The standard InChI is InChI=1S/C13H16BrNO2.ClH/c1-7(15)6-10-8-2-4-17-13(8)11(14)9-3-5-16-12(9)10;/h7H,2-6,15H2,1H3;1H/t7-;/m1./s1. The lowest BCUT2D eigenvalue weighted by Crippen LogP contribution is -2.19. The van der Waals surface area contributed by atoms with Gasteiger partial charge in [-0.2, -0.15) is 0 Å². The van der Waals surface area contributed by atoms with Crippen LogP contribution < -0.4 is 15.2 Å². The van der Waals surface area contributed by atoms with Crippen LogP contribution >= 0.6 is 28.3 Å². The summed E-state index contributed by atoms with van der Waals surface area (Å²) < 4.78 is 12.6. The minimum absolute atomic E-state index is 0. The summed E-state index contributed by atoms with van der Waals surface area (Å²) in [5.74, 6) is 2.07. The summed E-state index contributed by atoms with van der Waals surface area (Å²) in [5, 5.41) is 0. The molecule has 1 aromatic rings. The second-order valence-corrected chi connectivity index (χ2v) is 5.58. The van der Waals surface area contributed by atoms with E-state index in [1.807, 2.05) is 6.92 Å². The average Bonchev–Trinajstić information content (AvgIpc) is 2.92. The summed E-state index contributed by atoms with van der Waals surface area (Å²) in [6, 6.07) is 0.147. The lowest BCUT2D eigenvalue weighted by molar-refractivity contribution is 0.352. The van der Waals surface area contributed by atoms with E-state index in [9.17, 15) is 0 Å². The molecule has 2 N–H and O–H groups in total. The van der Waals surface area contributed by atoms with E-state index < -0.39 is 0 Å². The molecule has 0 radical (unpaired) electrons. The van der Waals surface area contributed by atoms with Crippen molar-refractivity contribution in [2.24, 2.45) is 5.73 Å². The van der Waals surface area contributed by atoms with Crippen LogP contribution in [0.5, 0.6) is 11.5 Å². The number of hydrogen-bond donors (Lipinski definition) is 1. The van der Waals surface area contributed by atoms with Crippen molar-refractivity contribution < 1.29 is 9.47 Å². The molecule has 0 spiro atoms. The molecule has 3 rings (SSSR count). The zero-order valence-corrected chi connectivity index (χ0v) is 12.7. The van der Waals surface area contributed by atoms with Crippen LogP contribution in [0.4, 0.5) is 0 Å². The van der Waals surface area contributed by atoms with E-state index >= 15 is 0 Å². The Kier molecular flexibility index (Phi) is 4.09. The second kappa shape index (κ2) is 5.27. The van der Waals surface area contributed by atoms with Crippen molar-refractivity contribution in [3.05, 3.63) is 21.2 Å². The van der Waals surface area contributed by atoms with Gasteiger partial charge in [0.2, 0.25) is 0 Å². The number of hydrogen-bond acceptors (Lipinski definition) is 3. The molecule has 3 nitrogen and oxygen atoms in total. The molecule has 0 fully saturated rings. The fourth-order valence-corrected chi connectivity index (χ4v) is 3.42. The first-order valence-electron chi connectivity index (χ1n) is 6.05. The van der Waals surface area contributed by atoms with Crippen LogP contribution in [0.25, 0.3) is 0 Å². The number of rotatable bonds is 2. The van der Waals surface area contributed by atoms with Crippen molar-refractivity contribution in [1.82, 2.24) is 0 Å². The molecule has 5 heteroatoms. The highest BCUT2D eigenvalue weighted by Gasteiger charge is 2.30. The van der Waals surface area contributed by atoms with Gasteiger partial charge in [-0.25, -0.2) is 0 Å². The third-order valence-corrected chi connectivity index (χ3v) is 4.21. The minimum atomic E-state index is 0. The van der Waals surface area contributed by atoms with Gasteiger partial charge in [0.25, 0.3) is 0 Å². The van der Waals surface area contributed by atoms with Crippen LogP contribution in [-0.2, 0) is 19.3 Å². The fraction of sp³-hybridized carbons (Fsp3) is 0.538. The molecule has 1 aromatic carbocycles. The van der Waals surface area contributed by atoms with E-state index in [1.165, 1.54) is 16.7 Å². The van der Waals surface area contributed by atoms with Gasteiger partial charge >= 0.3 is 0 Å². The van der Waals surface area contributed by atoms with E-state index in [1.54, 1.807) is 0 Å². The van der Waals surface area contributed by atoms with Crippen LogP contribution in [0.2, 0.25) is 0 Å². The Morgan fingerprint density at radius 2 is 1.78 bits per heavy atom. The summed E-state index contributed by atoms with van der Waals surface area (Å²) in [6.45, 7) is 3.57. The highest BCUT2D eigenvalue weighted by molar-refractivity contribution is 9.10. The highest BCUT2D eigenvalue weighted by Crippen LogP contribution is 2.47. The molecule has 0 aliphatic carbocycles. The van der Waals surface area contributed by atoms with Crippen LogP contribution in [0.15, 0.2) is 4.47 Å². The van der Waals surface area contributed by atoms with E-state index in [-0.39, 0.29) is 18.4 Å². The van der Waals surface area contributed by atoms with Crippen LogP contribution in [0.1, 0.15) is 23.6 Å². The monoisotopic (exact) mass is 333 g/mol. The van der Waals surface area contributed by atoms with Crippen LogP contribution in [-0.4, -0.2) is 19.3 Å². The van der Waals surface area contributed by atoms with Crippen molar-refractivity contribution >= 4 is 28.3 Å².